The lowest BCUT2D eigenvalue weighted by molar-refractivity contribution is -0.115. The number of thiazole rings is 1. The van der Waals surface area contributed by atoms with E-state index in [1.54, 1.807) is 25.1 Å². The topological polar surface area (TPSA) is 106 Å². The van der Waals surface area contributed by atoms with E-state index in [0.29, 0.717) is 22.4 Å². The van der Waals surface area contributed by atoms with Crippen LogP contribution in [0.4, 0.5) is 15.6 Å². The van der Waals surface area contributed by atoms with Crippen molar-refractivity contribution in [3.8, 4) is 10.8 Å². The third-order valence-electron chi connectivity index (χ3n) is 3.78. The lowest BCUT2D eigenvalue weighted by Gasteiger charge is -2.03. The quantitative estimate of drug-likeness (QED) is 0.458. The first-order chi connectivity index (χ1) is 14.1. The molecule has 0 unspecified atom stereocenters. The van der Waals surface area contributed by atoms with Crippen LogP contribution in [0.15, 0.2) is 46.4 Å². The molecule has 10 heteroatoms. The summed E-state index contributed by atoms with van der Waals surface area (Å²) in [6.07, 6.45) is 1.05. The molecule has 1 aromatic carbocycles. The fraction of sp³-hybridized carbons (Fsp3) is 0.158. The summed E-state index contributed by atoms with van der Waals surface area (Å²) in [7, 11) is 0. The number of rotatable bonds is 6. The van der Waals surface area contributed by atoms with Crippen molar-refractivity contribution in [2.75, 3.05) is 17.2 Å². The van der Waals surface area contributed by atoms with Crippen LogP contribution in [0, 0.1) is 0 Å². The van der Waals surface area contributed by atoms with Crippen LogP contribution in [0.1, 0.15) is 12.6 Å². The van der Waals surface area contributed by atoms with Gasteiger partial charge in [0, 0.05) is 5.69 Å². The number of hydrogen-bond acceptors (Lipinski definition) is 8. The summed E-state index contributed by atoms with van der Waals surface area (Å²) in [5.74, 6) is 0.306. The Balaban J connectivity index is 1.40. The highest BCUT2D eigenvalue weighted by Crippen LogP contribution is 2.29. The monoisotopic (exact) mass is 428 g/mol. The maximum absolute atomic E-state index is 12.4. The van der Waals surface area contributed by atoms with Crippen LogP contribution < -0.4 is 10.6 Å². The number of aromatic nitrogens is 2. The molecule has 0 aliphatic carbocycles. The summed E-state index contributed by atoms with van der Waals surface area (Å²) < 4.78 is 11.1. The second-order valence-electron chi connectivity index (χ2n) is 5.89. The first kappa shape index (κ1) is 19.1. The van der Waals surface area contributed by atoms with E-state index >= 15 is 0 Å². The molecule has 2 amide bonds. The van der Waals surface area contributed by atoms with Crippen molar-refractivity contribution in [2.24, 2.45) is 0 Å². The molecule has 4 aromatic rings. The standard InChI is InChI=1S/C19H16N4O4S2/c1-2-26-19(25)23-18-22-13-6-5-11(8-15(13)29-18)20-16(24)9-12-10-27-17(21-12)14-4-3-7-28-14/h3-8,10H,2,9H2,1H3,(H,20,24)(H,22,23,25). The van der Waals surface area contributed by atoms with E-state index in [1.807, 2.05) is 17.5 Å². The van der Waals surface area contributed by atoms with Gasteiger partial charge in [-0.25, -0.2) is 14.8 Å². The van der Waals surface area contributed by atoms with Crippen molar-refractivity contribution in [1.29, 1.82) is 0 Å². The lowest BCUT2D eigenvalue weighted by Crippen LogP contribution is -2.14. The third-order valence-corrected chi connectivity index (χ3v) is 5.57. The van der Waals surface area contributed by atoms with E-state index in [0.717, 1.165) is 15.1 Å². The van der Waals surface area contributed by atoms with Crippen LogP contribution in [-0.4, -0.2) is 28.6 Å². The zero-order valence-corrected chi connectivity index (χ0v) is 16.9. The molecule has 0 bridgehead atoms. The number of oxazole rings is 1. The van der Waals surface area contributed by atoms with Gasteiger partial charge in [0.1, 0.15) is 6.26 Å². The molecular weight excluding hydrogens is 412 g/mol. The van der Waals surface area contributed by atoms with Crippen LogP contribution in [0.5, 0.6) is 0 Å². The maximum atomic E-state index is 12.4. The molecule has 3 aromatic heterocycles. The molecule has 0 spiro atoms. The number of nitrogens with one attached hydrogen (secondary N) is 2. The maximum Gasteiger partial charge on any atom is 0.413 e. The summed E-state index contributed by atoms with van der Waals surface area (Å²) >= 11 is 2.82. The fourth-order valence-electron chi connectivity index (χ4n) is 2.58. The first-order valence-corrected chi connectivity index (χ1v) is 10.4. The molecule has 3 heterocycles. The number of carbonyl (C=O) groups is 2. The zero-order valence-electron chi connectivity index (χ0n) is 15.3. The molecule has 0 fully saturated rings. The molecule has 148 valence electrons. The van der Waals surface area contributed by atoms with Crippen LogP contribution in [0.3, 0.4) is 0 Å². The number of hydrogen-bond donors (Lipinski definition) is 2. The molecule has 0 aliphatic heterocycles. The van der Waals surface area contributed by atoms with Crippen molar-refractivity contribution in [2.45, 2.75) is 13.3 Å². The third kappa shape index (κ3) is 4.61. The van der Waals surface area contributed by atoms with Gasteiger partial charge in [0.05, 0.1) is 33.8 Å². The number of ether oxygens (including phenoxy) is 1. The summed E-state index contributed by atoms with van der Waals surface area (Å²) in [5, 5.41) is 7.80. The Morgan fingerprint density at radius 3 is 2.90 bits per heavy atom. The molecule has 0 atom stereocenters. The van der Waals surface area contributed by atoms with E-state index < -0.39 is 6.09 Å². The predicted octanol–water partition coefficient (Wildman–Crippen LogP) is 4.76. The molecule has 2 N–H and O–H groups in total. The molecule has 29 heavy (non-hydrogen) atoms. The minimum absolute atomic E-state index is 0.102. The molecule has 0 aliphatic rings. The van der Waals surface area contributed by atoms with Gasteiger partial charge in [-0.15, -0.1) is 11.3 Å². The normalized spacial score (nSPS) is 10.8. The van der Waals surface area contributed by atoms with Crippen LogP contribution >= 0.6 is 22.7 Å². The van der Waals surface area contributed by atoms with Crippen molar-refractivity contribution in [3.63, 3.8) is 0 Å². The summed E-state index contributed by atoms with van der Waals surface area (Å²) in [5.41, 5.74) is 1.92. The number of anilines is 2. The van der Waals surface area contributed by atoms with Gasteiger partial charge in [-0.3, -0.25) is 10.1 Å². The Labute approximate surface area is 173 Å². The lowest BCUT2D eigenvalue weighted by atomic mass is 10.2. The fourth-order valence-corrected chi connectivity index (χ4v) is 4.13. The SMILES string of the molecule is CCOC(=O)Nc1nc2ccc(NC(=O)Cc3coc(-c4cccs4)n3)cc2s1. The Hall–Kier alpha value is -3.24. The Bertz CT molecular complexity index is 1150. The Morgan fingerprint density at radius 1 is 1.21 bits per heavy atom. The van der Waals surface area contributed by atoms with E-state index in [4.69, 9.17) is 9.15 Å². The van der Waals surface area contributed by atoms with Crippen molar-refractivity contribution in [1.82, 2.24) is 9.97 Å². The Morgan fingerprint density at radius 2 is 2.10 bits per heavy atom. The van der Waals surface area contributed by atoms with Crippen molar-refractivity contribution >= 4 is 55.7 Å². The van der Waals surface area contributed by atoms with Gasteiger partial charge >= 0.3 is 6.09 Å². The average molecular weight is 428 g/mol. The zero-order chi connectivity index (χ0) is 20.2. The molecule has 4 rings (SSSR count). The van der Waals surface area contributed by atoms with Crippen molar-refractivity contribution < 1.29 is 18.7 Å². The molecular formula is C19H16N4O4S2. The summed E-state index contributed by atoms with van der Waals surface area (Å²) in [4.78, 5) is 33.5. The second-order valence-corrected chi connectivity index (χ2v) is 7.87. The number of nitrogens with zero attached hydrogens (tertiary/aromatic N) is 2. The van der Waals surface area contributed by atoms with E-state index in [-0.39, 0.29) is 18.9 Å². The van der Waals surface area contributed by atoms with Gasteiger partial charge in [-0.1, -0.05) is 17.4 Å². The minimum atomic E-state index is -0.547. The second kappa shape index (κ2) is 8.41. The molecule has 0 saturated carbocycles. The van der Waals surface area contributed by atoms with Crippen LogP contribution in [0.25, 0.3) is 21.0 Å². The van der Waals surface area contributed by atoms with Crippen LogP contribution in [-0.2, 0) is 16.0 Å². The number of thiophene rings is 1. The molecule has 8 nitrogen and oxygen atoms in total. The molecule has 0 radical (unpaired) electrons. The van der Waals surface area contributed by atoms with Gasteiger partial charge in [-0.2, -0.15) is 0 Å². The van der Waals surface area contributed by atoms with Gasteiger partial charge in [0.15, 0.2) is 5.13 Å². The van der Waals surface area contributed by atoms with Crippen molar-refractivity contribution in [3.05, 3.63) is 47.7 Å². The highest BCUT2D eigenvalue weighted by molar-refractivity contribution is 7.22. The number of benzene rings is 1. The van der Waals surface area contributed by atoms with Gasteiger partial charge in [0.2, 0.25) is 11.8 Å². The summed E-state index contributed by atoms with van der Waals surface area (Å²) in [6.45, 7) is 2.02. The molecule has 0 saturated heterocycles. The van der Waals surface area contributed by atoms with E-state index in [1.165, 1.54) is 28.9 Å². The minimum Gasteiger partial charge on any atom is -0.450 e. The van der Waals surface area contributed by atoms with Gasteiger partial charge < -0.3 is 14.5 Å². The van der Waals surface area contributed by atoms with E-state index in [9.17, 15) is 9.59 Å². The number of carbonyl (C=O) groups excluding carboxylic acids is 2. The number of amides is 2. The largest absolute Gasteiger partial charge is 0.450 e. The van der Waals surface area contributed by atoms with Gasteiger partial charge in [0.25, 0.3) is 0 Å². The average Bonchev–Trinajstić information content (AvgIpc) is 3.41. The number of fused-ring (bicyclic) bond motifs is 1. The summed E-state index contributed by atoms with van der Waals surface area (Å²) in [6, 6.07) is 9.17. The van der Waals surface area contributed by atoms with E-state index in [2.05, 4.69) is 20.6 Å². The highest BCUT2D eigenvalue weighted by Gasteiger charge is 2.13. The smallest absolute Gasteiger partial charge is 0.413 e. The highest BCUT2D eigenvalue weighted by atomic mass is 32.1. The first-order valence-electron chi connectivity index (χ1n) is 8.73. The Kier molecular flexibility index (Phi) is 5.54. The van der Waals surface area contributed by atoms with Crippen LogP contribution in [0.2, 0.25) is 0 Å². The van der Waals surface area contributed by atoms with Gasteiger partial charge in [-0.05, 0) is 36.6 Å². The predicted molar refractivity (Wildman–Crippen MR) is 112 cm³/mol.